The molecule has 0 saturated carbocycles. The fraction of sp³-hybridized carbons (Fsp3) is 0.462. The van der Waals surface area contributed by atoms with Crippen LogP contribution in [0.15, 0.2) is 24.3 Å². The maximum Gasteiger partial charge on any atom is 0.125 e. The molecule has 2 aromatic rings. The molecule has 0 aliphatic heterocycles. The number of hydrogen-bond acceptors (Lipinski definition) is 2. The Balaban J connectivity index is 2.42. The molecule has 0 radical (unpaired) electrons. The quantitative estimate of drug-likeness (QED) is 0.760. The predicted molar refractivity (Wildman–Crippen MR) is 77.0 cm³/mol. The van der Waals surface area contributed by atoms with Crippen LogP contribution in [0.2, 0.25) is 0 Å². The van der Waals surface area contributed by atoms with Crippen molar-refractivity contribution >= 4 is 34.4 Å². The van der Waals surface area contributed by atoms with E-state index in [0.29, 0.717) is 11.9 Å². The molecular formula is C13H17ClN2S. The lowest BCUT2D eigenvalue weighted by atomic mass is 10.2. The van der Waals surface area contributed by atoms with Gasteiger partial charge >= 0.3 is 0 Å². The highest BCUT2D eigenvalue weighted by Crippen LogP contribution is 2.24. The Kier molecular flexibility index (Phi) is 4.35. The molecule has 0 amide bonds. The lowest BCUT2D eigenvalue weighted by Crippen LogP contribution is -2.09. The van der Waals surface area contributed by atoms with Crippen LogP contribution in [0.3, 0.4) is 0 Å². The fourth-order valence-electron chi connectivity index (χ4n) is 2.10. The average molecular weight is 269 g/mol. The maximum absolute atomic E-state index is 5.99. The third kappa shape index (κ3) is 2.61. The summed E-state index contributed by atoms with van der Waals surface area (Å²) in [4.78, 5) is 4.58. The van der Waals surface area contributed by atoms with Crippen molar-refractivity contribution in [1.82, 2.24) is 9.55 Å². The van der Waals surface area contributed by atoms with E-state index < -0.39 is 0 Å². The van der Waals surface area contributed by atoms with Crippen molar-refractivity contribution in [2.45, 2.75) is 25.3 Å². The summed E-state index contributed by atoms with van der Waals surface area (Å²) in [6, 6.07) is 8.69. The van der Waals surface area contributed by atoms with Crippen LogP contribution in [0.1, 0.15) is 25.2 Å². The Morgan fingerprint density at radius 3 is 2.88 bits per heavy atom. The summed E-state index contributed by atoms with van der Waals surface area (Å²) < 4.78 is 2.28. The number of benzene rings is 1. The third-order valence-corrected chi connectivity index (χ3v) is 3.85. The van der Waals surface area contributed by atoms with Gasteiger partial charge in [-0.3, -0.25) is 0 Å². The van der Waals surface area contributed by atoms with E-state index in [2.05, 4.69) is 34.9 Å². The first-order valence-corrected chi connectivity index (χ1v) is 7.71. The molecule has 1 atom stereocenters. The van der Waals surface area contributed by atoms with Crippen molar-refractivity contribution < 1.29 is 0 Å². The van der Waals surface area contributed by atoms with Gasteiger partial charge in [0.2, 0.25) is 0 Å². The molecule has 1 aromatic heterocycles. The molecule has 0 saturated heterocycles. The van der Waals surface area contributed by atoms with Crippen molar-refractivity contribution in [3.05, 3.63) is 30.1 Å². The largest absolute Gasteiger partial charge is 0.324 e. The number of fused-ring (bicyclic) bond motifs is 1. The van der Waals surface area contributed by atoms with E-state index in [1.807, 2.05) is 23.9 Å². The van der Waals surface area contributed by atoms with Gasteiger partial charge in [0.15, 0.2) is 0 Å². The van der Waals surface area contributed by atoms with Crippen molar-refractivity contribution in [2.75, 3.05) is 12.0 Å². The number of imidazole rings is 1. The van der Waals surface area contributed by atoms with Gasteiger partial charge in [-0.25, -0.2) is 4.98 Å². The molecule has 2 rings (SSSR count). The highest BCUT2D eigenvalue weighted by atomic mass is 35.5. The Labute approximate surface area is 111 Å². The van der Waals surface area contributed by atoms with E-state index in [1.54, 1.807) is 0 Å². The normalized spacial score (nSPS) is 13.1. The molecule has 4 heteroatoms. The SMILES string of the molecule is CSCCC(C)n1c(CCl)nc2ccccc21. The molecule has 0 spiro atoms. The number of para-hydroxylation sites is 2. The van der Waals surface area contributed by atoms with Crippen LogP contribution in [-0.2, 0) is 5.88 Å². The summed E-state index contributed by atoms with van der Waals surface area (Å²) in [5, 5.41) is 0. The molecule has 0 fully saturated rings. The van der Waals surface area contributed by atoms with Crippen LogP contribution in [0, 0.1) is 0 Å². The standard InChI is InChI=1S/C13H17ClN2S/c1-10(7-8-17-2)16-12-6-4-3-5-11(12)15-13(16)9-14/h3-6,10H,7-9H2,1-2H3. The lowest BCUT2D eigenvalue weighted by Gasteiger charge is -2.16. The molecule has 0 N–H and O–H groups in total. The van der Waals surface area contributed by atoms with Crippen molar-refractivity contribution in [2.24, 2.45) is 0 Å². The van der Waals surface area contributed by atoms with Crippen LogP contribution in [-0.4, -0.2) is 21.6 Å². The smallest absolute Gasteiger partial charge is 0.125 e. The van der Waals surface area contributed by atoms with E-state index in [1.165, 1.54) is 5.52 Å². The molecule has 1 unspecified atom stereocenters. The number of aromatic nitrogens is 2. The van der Waals surface area contributed by atoms with E-state index in [4.69, 9.17) is 11.6 Å². The van der Waals surface area contributed by atoms with Crippen molar-refractivity contribution in [3.8, 4) is 0 Å². The van der Waals surface area contributed by atoms with Crippen LogP contribution in [0.25, 0.3) is 11.0 Å². The summed E-state index contributed by atoms with van der Waals surface area (Å²) in [7, 11) is 0. The van der Waals surface area contributed by atoms with Crippen molar-refractivity contribution in [3.63, 3.8) is 0 Å². The van der Waals surface area contributed by atoms with E-state index >= 15 is 0 Å². The van der Waals surface area contributed by atoms with Gasteiger partial charge in [0, 0.05) is 6.04 Å². The number of hydrogen-bond donors (Lipinski definition) is 0. The Morgan fingerprint density at radius 1 is 1.41 bits per heavy atom. The van der Waals surface area contributed by atoms with Crippen LogP contribution < -0.4 is 0 Å². The van der Waals surface area contributed by atoms with Gasteiger partial charge in [0.1, 0.15) is 5.82 Å². The molecule has 1 aromatic carbocycles. The molecule has 0 bridgehead atoms. The number of nitrogens with zero attached hydrogens (tertiary/aromatic N) is 2. The first-order valence-electron chi connectivity index (χ1n) is 5.78. The van der Waals surface area contributed by atoms with Gasteiger partial charge in [-0.2, -0.15) is 11.8 Å². The van der Waals surface area contributed by atoms with E-state index in [-0.39, 0.29) is 0 Å². The first-order chi connectivity index (χ1) is 8.27. The number of rotatable bonds is 5. The number of alkyl halides is 1. The summed E-state index contributed by atoms with van der Waals surface area (Å²) >= 11 is 7.87. The van der Waals surface area contributed by atoms with Gasteiger partial charge in [0.25, 0.3) is 0 Å². The number of halogens is 1. The van der Waals surface area contributed by atoms with E-state index in [0.717, 1.165) is 23.5 Å². The summed E-state index contributed by atoms with van der Waals surface area (Å²) in [5.74, 6) is 2.61. The highest BCUT2D eigenvalue weighted by Gasteiger charge is 2.14. The van der Waals surface area contributed by atoms with E-state index in [9.17, 15) is 0 Å². The zero-order valence-electron chi connectivity index (χ0n) is 10.2. The monoisotopic (exact) mass is 268 g/mol. The minimum atomic E-state index is 0.448. The lowest BCUT2D eigenvalue weighted by molar-refractivity contribution is 0.534. The molecule has 0 aliphatic rings. The summed E-state index contributed by atoms with van der Waals surface area (Å²) in [5.41, 5.74) is 2.23. The van der Waals surface area contributed by atoms with Crippen LogP contribution >= 0.6 is 23.4 Å². The summed E-state index contributed by atoms with van der Waals surface area (Å²) in [6.45, 7) is 2.24. The number of thioether (sulfide) groups is 1. The minimum absolute atomic E-state index is 0.448. The molecule has 0 aliphatic carbocycles. The molecular weight excluding hydrogens is 252 g/mol. The molecule has 17 heavy (non-hydrogen) atoms. The Hall–Kier alpha value is -0.670. The Bertz CT molecular complexity index is 495. The second-order valence-electron chi connectivity index (χ2n) is 4.15. The second-order valence-corrected chi connectivity index (χ2v) is 5.40. The summed E-state index contributed by atoms with van der Waals surface area (Å²) in [6.07, 6.45) is 3.28. The second kappa shape index (κ2) is 5.78. The van der Waals surface area contributed by atoms with Gasteiger partial charge in [-0.1, -0.05) is 12.1 Å². The zero-order valence-corrected chi connectivity index (χ0v) is 11.8. The average Bonchev–Trinajstić information content (AvgIpc) is 2.74. The zero-order chi connectivity index (χ0) is 12.3. The molecule has 2 nitrogen and oxygen atoms in total. The molecule has 92 valence electrons. The van der Waals surface area contributed by atoms with Crippen molar-refractivity contribution in [1.29, 1.82) is 0 Å². The predicted octanol–water partition coefficient (Wildman–Crippen LogP) is 4.09. The first kappa shape index (κ1) is 12.8. The van der Waals surface area contributed by atoms with Crippen LogP contribution in [0.5, 0.6) is 0 Å². The highest BCUT2D eigenvalue weighted by molar-refractivity contribution is 7.98. The minimum Gasteiger partial charge on any atom is -0.324 e. The van der Waals surface area contributed by atoms with Gasteiger partial charge in [-0.05, 0) is 37.5 Å². The topological polar surface area (TPSA) is 17.8 Å². The van der Waals surface area contributed by atoms with Gasteiger partial charge in [-0.15, -0.1) is 11.6 Å². The molecule has 1 heterocycles. The van der Waals surface area contributed by atoms with Crippen LogP contribution in [0.4, 0.5) is 0 Å². The Morgan fingerprint density at radius 2 is 2.18 bits per heavy atom. The third-order valence-electron chi connectivity index (χ3n) is 2.97. The maximum atomic E-state index is 5.99. The van der Waals surface area contributed by atoms with Gasteiger partial charge in [0.05, 0.1) is 16.9 Å². The fourth-order valence-corrected chi connectivity index (χ4v) is 2.86. The van der Waals surface area contributed by atoms with Gasteiger partial charge < -0.3 is 4.57 Å².